The molecular formula is C17H24F2N2. The summed E-state index contributed by atoms with van der Waals surface area (Å²) in [5, 5.41) is 3.41. The summed E-state index contributed by atoms with van der Waals surface area (Å²) in [6.45, 7) is 6.29. The van der Waals surface area contributed by atoms with Crippen LogP contribution in [-0.2, 0) is 6.54 Å². The van der Waals surface area contributed by atoms with Crippen molar-refractivity contribution in [3.05, 3.63) is 35.4 Å². The zero-order chi connectivity index (χ0) is 14.8. The molecule has 1 aromatic rings. The normalized spacial score (nSPS) is 31.6. The lowest BCUT2D eigenvalue weighted by Crippen LogP contribution is -2.56. The molecule has 0 saturated carbocycles. The summed E-state index contributed by atoms with van der Waals surface area (Å²) in [6.07, 6.45) is 3.91. The lowest BCUT2D eigenvalue weighted by atomic mass is 9.74. The van der Waals surface area contributed by atoms with Crippen molar-refractivity contribution in [3.8, 4) is 0 Å². The van der Waals surface area contributed by atoms with E-state index in [0.717, 1.165) is 23.9 Å². The van der Waals surface area contributed by atoms with Crippen molar-refractivity contribution in [1.29, 1.82) is 0 Å². The smallest absolute Gasteiger partial charge is 0.159 e. The van der Waals surface area contributed by atoms with Crippen LogP contribution in [0.5, 0.6) is 0 Å². The maximum atomic E-state index is 13.2. The Balaban J connectivity index is 1.49. The van der Waals surface area contributed by atoms with Gasteiger partial charge in [0.1, 0.15) is 0 Å². The lowest BCUT2D eigenvalue weighted by Gasteiger charge is -2.50. The number of nitrogens with one attached hydrogen (secondary N) is 1. The topological polar surface area (TPSA) is 15.3 Å². The van der Waals surface area contributed by atoms with Crippen molar-refractivity contribution < 1.29 is 8.78 Å². The number of benzene rings is 1. The Bertz CT molecular complexity index is 492. The monoisotopic (exact) mass is 294 g/mol. The van der Waals surface area contributed by atoms with Crippen molar-refractivity contribution >= 4 is 0 Å². The van der Waals surface area contributed by atoms with Crippen LogP contribution in [0.15, 0.2) is 18.2 Å². The van der Waals surface area contributed by atoms with Gasteiger partial charge in [-0.25, -0.2) is 8.78 Å². The molecule has 3 saturated heterocycles. The molecule has 3 heterocycles. The first-order valence-corrected chi connectivity index (χ1v) is 8.06. The molecule has 4 unspecified atom stereocenters. The van der Waals surface area contributed by atoms with Crippen LogP contribution in [0, 0.1) is 23.5 Å². The highest BCUT2D eigenvalue weighted by molar-refractivity contribution is 5.17. The standard InChI is InChI=1S/C17H24F2N2/c1-2-13-11-21-6-5-14(13)8-15(21)10-20-9-12-3-4-16(18)17(19)7-12/h3-4,7,13-15,20H,2,5-6,8-11H2,1H3. The van der Waals surface area contributed by atoms with E-state index in [1.807, 2.05) is 0 Å². The summed E-state index contributed by atoms with van der Waals surface area (Å²) in [4.78, 5) is 2.60. The van der Waals surface area contributed by atoms with Crippen molar-refractivity contribution in [2.45, 2.75) is 38.8 Å². The minimum absolute atomic E-state index is 0.601. The molecule has 0 spiro atoms. The summed E-state index contributed by atoms with van der Waals surface area (Å²) in [7, 11) is 0. The SMILES string of the molecule is CCC1CN2CCC1CC2CNCc1ccc(F)c(F)c1. The second-order valence-corrected chi connectivity index (χ2v) is 6.48. The second-order valence-electron chi connectivity index (χ2n) is 6.48. The lowest BCUT2D eigenvalue weighted by molar-refractivity contribution is 0.000331. The van der Waals surface area contributed by atoms with Crippen LogP contribution in [0.1, 0.15) is 31.7 Å². The molecule has 21 heavy (non-hydrogen) atoms. The average molecular weight is 294 g/mol. The zero-order valence-corrected chi connectivity index (χ0v) is 12.6. The van der Waals surface area contributed by atoms with Gasteiger partial charge in [0.15, 0.2) is 11.6 Å². The van der Waals surface area contributed by atoms with E-state index in [9.17, 15) is 8.78 Å². The fraction of sp³-hybridized carbons (Fsp3) is 0.647. The molecule has 3 aliphatic rings. The summed E-state index contributed by atoms with van der Waals surface area (Å²) in [5.74, 6) is 0.219. The number of piperidine rings is 3. The maximum Gasteiger partial charge on any atom is 0.159 e. The van der Waals surface area contributed by atoms with E-state index >= 15 is 0 Å². The Morgan fingerprint density at radius 1 is 1.29 bits per heavy atom. The minimum atomic E-state index is -0.778. The van der Waals surface area contributed by atoms with E-state index < -0.39 is 11.6 Å². The Morgan fingerprint density at radius 3 is 2.81 bits per heavy atom. The van der Waals surface area contributed by atoms with Gasteiger partial charge in [0.2, 0.25) is 0 Å². The molecule has 2 bridgehead atoms. The Hall–Kier alpha value is -1.00. The van der Waals surface area contributed by atoms with Gasteiger partial charge >= 0.3 is 0 Å². The summed E-state index contributed by atoms with van der Waals surface area (Å²) >= 11 is 0. The second kappa shape index (κ2) is 6.41. The van der Waals surface area contributed by atoms with Crippen molar-refractivity contribution in [2.75, 3.05) is 19.6 Å². The maximum absolute atomic E-state index is 13.2. The molecule has 0 aromatic heterocycles. The highest BCUT2D eigenvalue weighted by Gasteiger charge is 2.38. The van der Waals surface area contributed by atoms with Crippen LogP contribution in [0.25, 0.3) is 0 Å². The van der Waals surface area contributed by atoms with E-state index in [-0.39, 0.29) is 0 Å². The van der Waals surface area contributed by atoms with E-state index in [1.54, 1.807) is 6.07 Å². The van der Waals surface area contributed by atoms with Gasteiger partial charge in [0.05, 0.1) is 0 Å². The van der Waals surface area contributed by atoms with Crippen LogP contribution in [0.4, 0.5) is 8.78 Å². The summed E-state index contributed by atoms with van der Waals surface area (Å²) < 4.78 is 26.0. The third-order valence-corrected chi connectivity index (χ3v) is 5.23. The molecule has 4 heteroatoms. The fourth-order valence-corrected chi connectivity index (χ4v) is 3.96. The molecule has 1 N–H and O–H groups in total. The first kappa shape index (κ1) is 14.9. The molecule has 3 fully saturated rings. The van der Waals surface area contributed by atoms with Crippen LogP contribution < -0.4 is 5.32 Å². The molecule has 1 aromatic carbocycles. The molecule has 116 valence electrons. The molecule has 0 amide bonds. The quantitative estimate of drug-likeness (QED) is 0.897. The number of nitrogens with zero attached hydrogens (tertiary/aromatic N) is 1. The molecule has 0 aliphatic carbocycles. The van der Waals surface area contributed by atoms with Gasteiger partial charge in [0.25, 0.3) is 0 Å². The molecular weight excluding hydrogens is 270 g/mol. The van der Waals surface area contributed by atoms with E-state index in [2.05, 4.69) is 17.1 Å². The first-order chi connectivity index (χ1) is 10.2. The van der Waals surface area contributed by atoms with Crippen LogP contribution >= 0.6 is 0 Å². The Morgan fingerprint density at radius 2 is 2.14 bits per heavy atom. The van der Waals surface area contributed by atoms with Gasteiger partial charge in [-0.3, -0.25) is 4.90 Å². The third-order valence-electron chi connectivity index (χ3n) is 5.23. The van der Waals surface area contributed by atoms with Gasteiger partial charge in [-0.2, -0.15) is 0 Å². The van der Waals surface area contributed by atoms with Crippen LogP contribution in [-0.4, -0.2) is 30.6 Å². The Kier molecular flexibility index (Phi) is 4.55. The van der Waals surface area contributed by atoms with E-state index in [0.29, 0.717) is 12.6 Å². The molecule has 2 nitrogen and oxygen atoms in total. The van der Waals surface area contributed by atoms with Gasteiger partial charge in [0, 0.05) is 25.7 Å². The van der Waals surface area contributed by atoms with E-state index in [4.69, 9.17) is 0 Å². The fourth-order valence-electron chi connectivity index (χ4n) is 3.96. The van der Waals surface area contributed by atoms with Crippen LogP contribution in [0.3, 0.4) is 0 Å². The van der Waals surface area contributed by atoms with E-state index in [1.165, 1.54) is 44.5 Å². The van der Waals surface area contributed by atoms with Gasteiger partial charge < -0.3 is 5.32 Å². The predicted molar refractivity (Wildman–Crippen MR) is 79.9 cm³/mol. The van der Waals surface area contributed by atoms with Crippen molar-refractivity contribution in [1.82, 2.24) is 10.2 Å². The number of fused-ring (bicyclic) bond motifs is 3. The largest absolute Gasteiger partial charge is 0.311 e. The molecule has 0 radical (unpaired) electrons. The predicted octanol–water partition coefficient (Wildman–Crippen LogP) is 3.17. The van der Waals surface area contributed by atoms with Crippen LogP contribution in [0.2, 0.25) is 0 Å². The number of hydrogen-bond acceptors (Lipinski definition) is 2. The number of halogens is 2. The first-order valence-electron chi connectivity index (χ1n) is 8.06. The number of rotatable bonds is 5. The molecule has 3 aliphatic heterocycles. The van der Waals surface area contributed by atoms with Gasteiger partial charge in [-0.05, 0) is 48.9 Å². The van der Waals surface area contributed by atoms with Gasteiger partial charge in [-0.1, -0.05) is 19.4 Å². The zero-order valence-electron chi connectivity index (χ0n) is 12.6. The third kappa shape index (κ3) is 3.27. The van der Waals surface area contributed by atoms with Crippen molar-refractivity contribution in [2.24, 2.45) is 11.8 Å². The Labute approximate surface area is 125 Å². The van der Waals surface area contributed by atoms with Gasteiger partial charge in [-0.15, -0.1) is 0 Å². The summed E-state index contributed by atoms with van der Waals surface area (Å²) in [5.41, 5.74) is 0.802. The summed E-state index contributed by atoms with van der Waals surface area (Å²) in [6, 6.07) is 4.73. The molecule has 4 rings (SSSR count). The highest BCUT2D eigenvalue weighted by Crippen LogP contribution is 2.37. The van der Waals surface area contributed by atoms with Crippen molar-refractivity contribution in [3.63, 3.8) is 0 Å². The number of hydrogen-bond donors (Lipinski definition) is 1. The molecule has 4 atom stereocenters. The average Bonchev–Trinajstić information content (AvgIpc) is 2.51. The highest BCUT2D eigenvalue weighted by atomic mass is 19.2. The minimum Gasteiger partial charge on any atom is -0.311 e.